The van der Waals surface area contributed by atoms with Crippen molar-refractivity contribution in [3.63, 3.8) is 0 Å². The Labute approximate surface area is 131 Å². The summed E-state index contributed by atoms with van der Waals surface area (Å²) in [6.45, 7) is 0. The second-order valence-electron chi connectivity index (χ2n) is 4.17. The SMILES string of the molecule is Fc1ccc(C=NNC(=S)NN=Cc2ccc(F)cc2)cc1. The van der Waals surface area contributed by atoms with Crippen molar-refractivity contribution in [2.45, 2.75) is 0 Å². The highest BCUT2D eigenvalue weighted by Gasteiger charge is 1.92. The molecular formula is C15H12F2N4S. The molecule has 0 bridgehead atoms. The van der Waals surface area contributed by atoms with E-state index in [9.17, 15) is 8.78 Å². The molecule has 0 aliphatic rings. The number of benzene rings is 2. The fraction of sp³-hybridized carbons (Fsp3) is 0. The van der Waals surface area contributed by atoms with Crippen molar-refractivity contribution < 1.29 is 8.78 Å². The summed E-state index contributed by atoms with van der Waals surface area (Å²) in [5, 5.41) is 7.96. The Kier molecular flexibility index (Phi) is 5.67. The number of nitrogens with zero attached hydrogens (tertiary/aromatic N) is 2. The van der Waals surface area contributed by atoms with E-state index in [1.807, 2.05) is 0 Å². The summed E-state index contributed by atoms with van der Waals surface area (Å²) < 4.78 is 25.4. The van der Waals surface area contributed by atoms with Gasteiger partial charge in [0.1, 0.15) is 11.6 Å². The minimum Gasteiger partial charge on any atom is -0.252 e. The fourth-order valence-electron chi connectivity index (χ4n) is 1.45. The average Bonchev–Trinajstić information content (AvgIpc) is 2.51. The van der Waals surface area contributed by atoms with E-state index in [0.29, 0.717) is 0 Å². The van der Waals surface area contributed by atoms with E-state index in [2.05, 4.69) is 21.1 Å². The zero-order valence-corrected chi connectivity index (χ0v) is 12.1. The molecule has 0 heterocycles. The molecule has 0 saturated heterocycles. The maximum atomic E-state index is 12.7. The molecule has 0 atom stereocenters. The number of hydrogen-bond acceptors (Lipinski definition) is 3. The predicted molar refractivity (Wildman–Crippen MR) is 86.9 cm³/mol. The maximum absolute atomic E-state index is 12.7. The second-order valence-corrected chi connectivity index (χ2v) is 4.58. The van der Waals surface area contributed by atoms with Crippen molar-refractivity contribution in [1.82, 2.24) is 10.9 Å². The van der Waals surface area contributed by atoms with Gasteiger partial charge in [0.2, 0.25) is 5.11 Å². The zero-order valence-electron chi connectivity index (χ0n) is 11.3. The Hall–Kier alpha value is -2.67. The van der Waals surface area contributed by atoms with E-state index in [0.717, 1.165) is 11.1 Å². The van der Waals surface area contributed by atoms with Crippen LogP contribution in [0.2, 0.25) is 0 Å². The van der Waals surface area contributed by atoms with Crippen molar-refractivity contribution >= 4 is 29.8 Å². The third-order valence-corrected chi connectivity index (χ3v) is 2.68. The van der Waals surface area contributed by atoms with Gasteiger partial charge in [0.05, 0.1) is 12.4 Å². The highest BCUT2D eigenvalue weighted by molar-refractivity contribution is 7.80. The van der Waals surface area contributed by atoms with Crippen LogP contribution in [0.5, 0.6) is 0 Å². The first-order chi connectivity index (χ1) is 10.6. The molecule has 0 aliphatic heterocycles. The van der Waals surface area contributed by atoms with Crippen molar-refractivity contribution in [1.29, 1.82) is 0 Å². The van der Waals surface area contributed by atoms with Gasteiger partial charge in [-0.2, -0.15) is 10.2 Å². The minimum absolute atomic E-state index is 0.191. The molecule has 112 valence electrons. The Morgan fingerprint density at radius 3 is 1.50 bits per heavy atom. The van der Waals surface area contributed by atoms with E-state index < -0.39 is 0 Å². The van der Waals surface area contributed by atoms with Crippen molar-refractivity contribution in [2.75, 3.05) is 0 Å². The maximum Gasteiger partial charge on any atom is 0.207 e. The van der Waals surface area contributed by atoms with E-state index in [-0.39, 0.29) is 16.7 Å². The third kappa shape index (κ3) is 5.37. The lowest BCUT2D eigenvalue weighted by atomic mass is 10.2. The van der Waals surface area contributed by atoms with Gasteiger partial charge >= 0.3 is 0 Å². The van der Waals surface area contributed by atoms with Gasteiger partial charge in [-0.05, 0) is 47.6 Å². The highest BCUT2D eigenvalue weighted by Crippen LogP contribution is 2.00. The number of thiocarbonyl (C=S) groups is 1. The number of hydrazone groups is 2. The summed E-state index contributed by atoms with van der Waals surface area (Å²) in [5.41, 5.74) is 6.58. The van der Waals surface area contributed by atoms with Gasteiger partial charge < -0.3 is 0 Å². The molecule has 0 spiro atoms. The van der Waals surface area contributed by atoms with E-state index in [4.69, 9.17) is 12.2 Å². The molecule has 0 radical (unpaired) electrons. The number of rotatable bonds is 4. The van der Waals surface area contributed by atoms with Crippen molar-refractivity contribution in [2.24, 2.45) is 10.2 Å². The molecule has 2 N–H and O–H groups in total. The molecule has 2 aromatic rings. The molecule has 7 heteroatoms. The van der Waals surface area contributed by atoms with Crippen LogP contribution in [0.3, 0.4) is 0 Å². The van der Waals surface area contributed by atoms with Crippen LogP contribution in [0.1, 0.15) is 11.1 Å². The first-order valence-electron chi connectivity index (χ1n) is 6.27. The van der Waals surface area contributed by atoms with E-state index in [1.165, 1.54) is 36.7 Å². The van der Waals surface area contributed by atoms with Crippen molar-refractivity contribution in [3.8, 4) is 0 Å². The van der Waals surface area contributed by atoms with Crippen LogP contribution < -0.4 is 10.9 Å². The van der Waals surface area contributed by atoms with Gasteiger partial charge in [0, 0.05) is 0 Å². The van der Waals surface area contributed by atoms with Crippen LogP contribution >= 0.6 is 12.2 Å². The molecule has 22 heavy (non-hydrogen) atoms. The summed E-state index contributed by atoms with van der Waals surface area (Å²) in [5.74, 6) is -0.616. The monoisotopic (exact) mass is 318 g/mol. The topological polar surface area (TPSA) is 48.8 Å². The summed E-state index contributed by atoms with van der Waals surface area (Å²) in [4.78, 5) is 0. The third-order valence-electron chi connectivity index (χ3n) is 2.50. The number of nitrogens with one attached hydrogen (secondary N) is 2. The van der Waals surface area contributed by atoms with Crippen LogP contribution in [0.15, 0.2) is 58.7 Å². The summed E-state index contributed by atoms with van der Waals surface area (Å²) in [7, 11) is 0. The lowest BCUT2D eigenvalue weighted by molar-refractivity contribution is 0.627. The molecule has 0 aromatic heterocycles. The molecular weight excluding hydrogens is 306 g/mol. The van der Waals surface area contributed by atoms with Gasteiger partial charge in [0.25, 0.3) is 0 Å². The molecule has 0 fully saturated rings. The molecule has 0 aliphatic carbocycles. The van der Waals surface area contributed by atoms with Crippen LogP contribution in [0, 0.1) is 11.6 Å². The average molecular weight is 318 g/mol. The van der Waals surface area contributed by atoms with E-state index in [1.54, 1.807) is 24.3 Å². The molecule has 4 nitrogen and oxygen atoms in total. The molecule has 0 saturated carbocycles. The van der Waals surface area contributed by atoms with Gasteiger partial charge in [-0.15, -0.1) is 0 Å². The van der Waals surface area contributed by atoms with Gasteiger partial charge in [-0.3, -0.25) is 10.9 Å². The molecule has 0 unspecified atom stereocenters. The van der Waals surface area contributed by atoms with Gasteiger partial charge in [-0.25, -0.2) is 8.78 Å². The smallest absolute Gasteiger partial charge is 0.207 e. The van der Waals surface area contributed by atoms with Crippen LogP contribution in [-0.4, -0.2) is 17.5 Å². The van der Waals surface area contributed by atoms with Crippen LogP contribution in [0.4, 0.5) is 8.78 Å². The van der Waals surface area contributed by atoms with E-state index >= 15 is 0 Å². The predicted octanol–water partition coefficient (Wildman–Crippen LogP) is 2.80. The quantitative estimate of drug-likeness (QED) is 0.518. The Morgan fingerprint density at radius 1 is 0.773 bits per heavy atom. The lowest BCUT2D eigenvalue weighted by Crippen LogP contribution is -2.28. The first kappa shape index (κ1) is 15.7. The number of halogens is 2. The summed E-state index contributed by atoms with van der Waals surface area (Å²) in [6.07, 6.45) is 2.99. The fourth-order valence-corrected chi connectivity index (χ4v) is 1.56. The zero-order chi connectivity index (χ0) is 15.8. The molecule has 2 rings (SSSR count). The highest BCUT2D eigenvalue weighted by atomic mass is 32.1. The summed E-state index contributed by atoms with van der Waals surface area (Å²) in [6, 6.07) is 11.7. The Bertz CT molecular complexity index is 622. The van der Waals surface area contributed by atoms with Gasteiger partial charge in [0.15, 0.2) is 0 Å². The van der Waals surface area contributed by atoms with Crippen molar-refractivity contribution in [3.05, 3.63) is 71.3 Å². The Balaban J connectivity index is 1.78. The number of hydrogen-bond donors (Lipinski definition) is 2. The van der Waals surface area contributed by atoms with Crippen LogP contribution in [0.25, 0.3) is 0 Å². The van der Waals surface area contributed by atoms with Crippen LogP contribution in [-0.2, 0) is 0 Å². The Morgan fingerprint density at radius 2 is 1.14 bits per heavy atom. The second kappa shape index (κ2) is 7.94. The lowest BCUT2D eigenvalue weighted by Gasteiger charge is -2.01. The first-order valence-corrected chi connectivity index (χ1v) is 6.67. The molecule has 2 aromatic carbocycles. The largest absolute Gasteiger partial charge is 0.252 e. The molecule has 0 amide bonds. The van der Waals surface area contributed by atoms with Gasteiger partial charge in [-0.1, -0.05) is 24.3 Å². The minimum atomic E-state index is -0.308. The normalized spacial score (nSPS) is 11.0. The summed E-state index contributed by atoms with van der Waals surface area (Å²) >= 11 is 4.96. The standard InChI is InChI=1S/C15H12F2N4S/c16-13-5-1-11(2-6-13)9-18-20-15(22)21-19-10-12-3-7-14(17)8-4-12/h1-10H,(H2,20,21,22).